The molecule has 6 aromatic rings. The number of benzene rings is 3. The number of aromatic nitrogens is 1. The standard InChI is InChI=1S/C25H17NO2/c1-14-7-9-17-20-13-26-21(12-24(20)27-22(17)10-14)19-5-3-4-18-16-8-6-15(2)11-23(16)28-25(18)19/h3-13H,1-2H3. The van der Waals surface area contributed by atoms with Crippen molar-refractivity contribution in [3.63, 3.8) is 0 Å². The summed E-state index contributed by atoms with van der Waals surface area (Å²) >= 11 is 0. The van der Waals surface area contributed by atoms with E-state index in [1.807, 2.05) is 12.3 Å². The number of nitrogens with zero attached hydrogens (tertiary/aromatic N) is 1. The highest BCUT2D eigenvalue weighted by molar-refractivity contribution is 6.10. The molecule has 3 heterocycles. The fourth-order valence-corrected chi connectivity index (χ4v) is 4.03. The van der Waals surface area contributed by atoms with E-state index in [4.69, 9.17) is 13.8 Å². The molecule has 0 fully saturated rings. The van der Waals surface area contributed by atoms with E-state index in [2.05, 4.69) is 68.4 Å². The van der Waals surface area contributed by atoms with Crippen molar-refractivity contribution in [3.05, 3.63) is 78.0 Å². The molecule has 0 aliphatic carbocycles. The van der Waals surface area contributed by atoms with Gasteiger partial charge in [0.05, 0.1) is 5.69 Å². The van der Waals surface area contributed by atoms with E-state index < -0.39 is 0 Å². The topological polar surface area (TPSA) is 39.2 Å². The highest BCUT2D eigenvalue weighted by Gasteiger charge is 2.15. The van der Waals surface area contributed by atoms with Crippen molar-refractivity contribution >= 4 is 43.9 Å². The summed E-state index contributed by atoms with van der Waals surface area (Å²) in [6.07, 6.45) is 1.90. The molecule has 3 aromatic heterocycles. The molecule has 28 heavy (non-hydrogen) atoms. The fourth-order valence-electron chi connectivity index (χ4n) is 4.03. The van der Waals surface area contributed by atoms with Gasteiger partial charge in [-0.25, -0.2) is 0 Å². The minimum Gasteiger partial charge on any atom is -0.456 e. The predicted octanol–water partition coefficient (Wildman–Crippen LogP) is 7.16. The average molecular weight is 363 g/mol. The second-order valence-electron chi connectivity index (χ2n) is 7.45. The SMILES string of the molecule is Cc1ccc2c(c1)oc1cc(-c3cccc4c3oc3cc(C)ccc34)ncc12. The number of pyridine rings is 1. The third kappa shape index (κ3) is 2.13. The van der Waals surface area contributed by atoms with Gasteiger partial charge >= 0.3 is 0 Å². The van der Waals surface area contributed by atoms with Crippen LogP contribution in [0.5, 0.6) is 0 Å². The lowest BCUT2D eigenvalue weighted by molar-refractivity contribution is 0.667. The van der Waals surface area contributed by atoms with Crippen molar-refractivity contribution in [2.24, 2.45) is 0 Å². The smallest absolute Gasteiger partial charge is 0.144 e. The van der Waals surface area contributed by atoms with Gasteiger partial charge in [0.2, 0.25) is 0 Å². The summed E-state index contributed by atoms with van der Waals surface area (Å²) in [6, 6.07) is 20.8. The van der Waals surface area contributed by atoms with Gasteiger partial charge in [-0.05, 0) is 43.2 Å². The van der Waals surface area contributed by atoms with E-state index in [1.165, 1.54) is 11.1 Å². The van der Waals surface area contributed by atoms with Crippen molar-refractivity contribution in [3.8, 4) is 11.3 Å². The van der Waals surface area contributed by atoms with Gasteiger partial charge in [0, 0.05) is 39.4 Å². The van der Waals surface area contributed by atoms with Crippen molar-refractivity contribution in [1.82, 2.24) is 4.98 Å². The molecule has 0 atom stereocenters. The van der Waals surface area contributed by atoms with E-state index in [0.717, 1.165) is 55.1 Å². The maximum Gasteiger partial charge on any atom is 0.144 e. The maximum atomic E-state index is 6.23. The Bertz CT molecular complexity index is 1530. The molecule has 3 aromatic carbocycles. The van der Waals surface area contributed by atoms with Gasteiger partial charge < -0.3 is 8.83 Å². The van der Waals surface area contributed by atoms with Crippen LogP contribution in [-0.4, -0.2) is 4.98 Å². The summed E-state index contributed by atoms with van der Waals surface area (Å²) in [7, 11) is 0. The van der Waals surface area contributed by atoms with Crippen LogP contribution in [0.3, 0.4) is 0 Å². The van der Waals surface area contributed by atoms with Crippen molar-refractivity contribution in [2.75, 3.05) is 0 Å². The quantitative estimate of drug-likeness (QED) is 0.311. The number of para-hydroxylation sites is 1. The Morgan fingerprint density at radius 2 is 1.32 bits per heavy atom. The largest absolute Gasteiger partial charge is 0.456 e. The minimum absolute atomic E-state index is 0.842. The van der Waals surface area contributed by atoms with Crippen LogP contribution in [0, 0.1) is 13.8 Å². The van der Waals surface area contributed by atoms with Crippen LogP contribution in [0.15, 0.2) is 75.7 Å². The predicted molar refractivity (Wildman–Crippen MR) is 114 cm³/mol. The number of furan rings is 2. The summed E-state index contributed by atoms with van der Waals surface area (Å²) < 4.78 is 12.3. The summed E-state index contributed by atoms with van der Waals surface area (Å²) in [5, 5.41) is 4.36. The van der Waals surface area contributed by atoms with E-state index in [0.29, 0.717) is 0 Å². The van der Waals surface area contributed by atoms with Crippen LogP contribution in [0.4, 0.5) is 0 Å². The molecule has 134 valence electrons. The van der Waals surface area contributed by atoms with Gasteiger partial charge in [0.15, 0.2) is 0 Å². The number of hydrogen-bond donors (Lipinski definition) is 0. The summed E-state index contributed by atoms with van der Waals surface area (Å²) in [4.78, 5) is 4.74. The van der Waals surface area contributed by atoms with Crippen molar-refractivity contribution < 1.29 is 8.83 Å². The van der Waals surface area contributed by atoms with Crippen LogP contribution < -0.4 is 0 Å². The lowest BCUT2D eigenvalue weighted by Crippen LogP contribution is -1.83. The Hall–Kier alpha value is -3.59. The van der Waals surface area contributed by atoms with Crippen LogP contribution >= 0.6 is 0 Å². The fraction of sp³-hybridized carbons (Fsp3) is 0.0800. The number of fused-ring (bicyclic) bond motifs is 6. The van der Waals surface area contributed by atoms with Crippen LogP contribution in [0.25, 0.3) is 55.1 Å². The van der Waals surface area contributed by atoms with E-state index in [9.17, 15) is 0 Å². The monoisotopic (exact) mass is 363 g/mol. The van der Waals surface area contributed by atoms with E-state index in [-0.39, 0.29) is 0 Å². The Kier molecular flexibility index (Phi) is 3.01. The molecule has 0 radical (unpaired) electrons. The van der Waals surface area contributed by atoms with Crippen LogP contribution in [0.2, 0.25) is 0 Å². The Balaban J connectivity index is 1.63. The second-order valence-corrected chi connectivity index (χ2v) is 7.45. The number of aryl methyl sites for hydroxylation is 2. The van der Waals surface area contributed by atoms with E-state index in [1.54, 1.807) is 0 Å². The second kappa shape index (κ2) is 5.46. The third-order valence-electron chi connectivity index (χ3n) is 5.44. The molecule has 0 saturated carbocycles. The molecular weight excluding hydrogens is 346 g/mol. The van der Waals surface area contributed by atoms with Crippen molar-refractivity contribution in [2.45, 2.75) is 13.8 Å². The van der Waals surface area contributed by atoms with Gasteiger partial charge in [-0.15, -0.1) is 0 Å². The highest BCUT2D eigenvalue weighted by Crippen LogP contribution is 2.37. The van der Waals surface area contributed by atoms with Gasteiger partial charge in [-0.2, -0.15) is 0 Å². The molecule has 0 amide bonds. The maximum absolute atomic E-state index is 6.23. The molecule has 0 unspecified atom stereocenters. The van der Waals surface area contributed by atoms with Crippen LogP contribution in [0.1, 0.15) is 11.1 Å². The first-order chi connectivity index (χ1) is 13.7. The Morgan fingerprint density at radius 1 is 0.643 bits per heavy atom. The minimum atomic E-state index is 0.842. The molecule has 0 saturated heterocycles. The lowest BCUT2D eigenvalue weighted by Gasteiger charge is -2.01. The number of rotatable bonds is 1. The normalized spacial score (nSPS) is 11.9. The third-order valence-corrected chi connectivity index (χ3v) is 5.44. The Morgan fingerprint density at radius 3 is 2.11 bits per heavy atom. The molecule has 3 heteroatoms. The van der Waals surface area contributed by atoms with E-state index >= 15 is 0 Å². The molecule has 3 nitrogen and oxygen atoms in total. The summed E-state index contributed by atoms with van der Waals surface area (Å²) in [6.45, 7) is 4.15. The zero-order valence-corrected chi connectivity index (χ0v) is 15.6. The summed E-state index contributed by atoms with van der Waals surface area (Å²) in [5.74, 6) is 0. The molecule has 0 bridgehead atoms. The zero-order chi connectivity index (χ0) is 18.8. The van der Waals surface area contributed by atoms with Gasteiger partial charge in [0.25, 0.3) is 0 Å². The summed E-state index contributed by atoms with van der Waals surface area (Å²) in [5.41, 5.74) is 7.70. The van der Waals surface area contributed by atoms with Gasteiger partial charge in [0.1, 0.15) is 22.3 Å². The molecular formula is C25H17NO2. The zero-order valence-electron chi connectivity index (χ0n) is 15.6. The van der Waals surface area contributed by atoms with Crippen molar-refractivity contribution in [1.29, 1.82) is 0 Å². The first-order valence-corrected chi connectivity index (χ1v) is 9.38. The molecule has 6 rings (SSSR count). The molecule has 0 N–H and O–H groups in total. The molecule has 0 aliphatic rings. The van der Waals surface area contributed by atoms with Gasteiger partial charge in [-0.3, -0.25) is 4.98 Å². The first-order valence-electron chi connectivity index (χ1n) is 9.38. The van der Waals surface area contributed by atoms with Gasteiger partial charge in [-0.1, -0.05) is 36.4 Å². The molecule has 0 aliphatic heterocycles. The Labute approximate surface area is 161 Å². The van der Waals surface area contributed by atoms with Crippen LogP contribution in [-0.2, 0) is 0 Å². The number of hydrogen-bond acceptors (Lipinski definition) is 3. The first kappa shape index (κ1) is 15.5. The molecule has 0 spiro atoms. The lowest BCUT2D eigenvalue weighted by atomic mass is 10.0. The highest BCUT2D eigenvalue weighted by atomic mass is 16.3. The average Bonchev–Trinajstić information content (AvgIpc) is 3.23.